The molecule has 0 saturated heterocycles. The predicted octanol–water partition coefficient (Wildman–Crippen LogP) is 2.60. The van der Waals surface area contributed by atoms with Crippen LogP contribution in [0.3, 0.4) is 0 Å². The molecule has 0 aliphatic heterocycles. The number of alkyl carbamates (subject to hydrolysis) is 1. The maximum Gasteiger partial charge on any atom is 0.406 e. The zero-order valence-electron chi connectivity index (χ0n) is 13.7. The lowest BCUT2D eigenvalue weighted by molar-refractivity contribution is 0.171. The zero-order valence-corrected chi connectivity index (χ0v) is 13.7. The summed E-state index contributed by atoms with van der Waals surface area (Å²) in [6.45, 7) is 3.63. The summed E-state index contributed by atoms with van der Waals surface area (Å²) in [6, 6.07) is 5.03. The second kappa shape index (κ2) is 7.00. The first-order chi connectivity index (χ1) is 11.2. The van der Waals surface area contributed by atoms with Gasteiger partial charge in [0.1, 0.15) is 0 Å². The second-order valence-electron chi connectivity index (χ2n) is 6.08. The van der Waals surface area contributed by atoms with Gasteiger partial charge in [0.05, 0.1) is 18.1 Å². The predicted molar refractivity (Wildman–Crippen MR) is 89.3 cm³/mol. The van der Waals surface area contributed by atoms with Crippen molar-refractivity contribution in [2.75, 3.05) is 13.7 Å². The Kier molecular flexibility index (Phi) is 4.81. The Labute approximate surface area is 136 Å². The highest BCUT2D eigenvalue weighted by atomic mass is 16.5. The van der Waals surface area contributed by atoms with Crippen molar-refractivity contribution < 1.29 is 9.53 Å². The van der Waals surface area contributed by atoms with Gasteiger partial charge in [-0.2, -0.15) is 0 Å². The fraction of sp³-hybridized carbons (Fsp3) is 0.529. The maximum absolute atomic E-state index is 11.1. The number of pyridine rings is 1. The van der Waals surface area contributed by atoms with Gasteiger partial charge in [-0.25, -0.2) is 4.79 Å². The van der Waals surface area contributed by atoms with Crippen molar-refractivity contribution >= 4 is 17.1 Å². The minimum atomic E-state index is -0.382. The van der Waals surface area contributed by atoms with Gasteiger partial charge in [0.15, 0.2) is 0 Å². The van der Waals surface area contributed by atoms with Crippen molar-refractivity contribution in [1.82, 2.24) is 20.2 Å². The number of carbonyl (C=O) groups excluding carboxylic acids is 1. The number of nitrogens with zero attached hydrogens (tertiary/aromatic N) is 2. The average molecular weight is 316 g/mol. The van der Waals surface area contributed by atoms with Gasteiger partial charge in [-0.15, -0.1) is 0 Å². The van der Waals surface area contributed by atoms with E-state index in [1.807, 2.05) is 12.3 Å². The summed E-state index contributed by atoms with van der Waals surface area (Å²) in [5.41, 5.74) is 3.45. The van der Waals surface area contributed by atoms with E-state index in [1.54, 1.807) is 0 Å². The maximum atomic E-state index is 11.1. The summed E-state index contributed by atoms with van der Waals surface area (Å²) < 4.78 is 6.80. The first kappa shape index (κ1) is 15.8. The van der Waals surface area contributed by atoms with Crippen LogP contribution in [-0.4, -0.2) is 35.3 Å². The molecule has 1 fully saturated rings. The SMILES string of the molecule is COC(=O)NCCCn1cc([C@@H](C)NC2CC2)c2ncccc21. The van der Waals surface area contributed by atoms with Gasteiger partial charge >= 0.3 is 6.09 Å². The first-order valence-electron chi connectivity index (χ1n) is 8.20. The highest BCUT2D eigenvalue weighted by Crippen LogP contribution is 2.28. The molecule has 1 atom stereocenters. The molecule has 1 saturated carbocycles. The molecule has 0 unspecified atom stereocenters. The molecular formula is C17H24N4O2. The third-order valence-electron chi connectivity index (χ3n) is 4.22. The molecule has 23 heavy (non-hydrogen) atoms. The van der Waals surface area contributed by atoms with Crippen molar-refractivity contribution in [2.24, 2.45) is 0 Å². The van der Waals surface area contributed by atoms with E-state index >= 15 is 0 Å². The van der Waals surface area contributed by atoms with E-state index in [0.29, 0.717) is 18.6 Å². The van der Waals surface area contributed by atoms with E-state index < -0.39 is 0 Å². The summed E-state index contributed by atoms with van der Waals surface area (Å²) in [6.07, 6.45) is 7.05. The van der Waals surface area contributed by atoms with Crippen molar-refractivity contribution in [2.45, 2.75) is 44.8 Å². The van der Waals surface area contributed by atoms with Gasteiger partial charge in [0, 0.05) is 43.1 Å². The Hall–Kier alpha value is -2.08. The highest BCUT2D eigenvalue weighted by Gasteiger charge is 2.25. The van der Waals surface area contributed by atoms with Crippen LogP contribution in [-0.2, 0) is 11.3 Å². The number of amides is 1. The Morgan fingerprint density at radius 2 is 2.35 bits per heavy atom. The third-order valence-corrected chi connectivity index (χ3v) is 4.22. The highest BCUT2D eigenvalue weighted by molar-refractivity contribution is 5.80. The van der Waals surface area contributed by atoms with Crippen LogP contribution in [0.25, 0.3) is 11.0 Å². The lowest BCUT2D eigenvalue weighted by Gasteiger charge is -2.11. The van der Waals surface area contributed by atoms with Crippen LogP contribution >= 0.6 is 0 Å². The topological polar surface area (TPSA) is 68.2 Å². The molecule has 124 valence electrons. The molecule has 2 aromatic rings. The van der Waals surface area contributed by atoms with Gasteiger partial charge in [0.25, 0.3) is 0 Å². The minimum absolute atomic E-state index is 0.300. The first-order valence-corrected chi connectivity index (χ1v) is 8.20. The summed E-state index contributed by atoms with van der Waals surface area (Å²) >= 11 is 0. The Morgan fingerprint density at radius 3 is 3.09 bits per heavy atom. The van der Waals surface area contributed by atoms with Gasteiger partial charge in [0.2, 0.25) is 0 Å². The number of rotatable bonds is 7. The van der Waals surface area contributed by atoms with Crippen LogP contribution < -0.4 is 10.6 Å². The molecule has 6 nitrogen and oxygen atoms in total. The van der Waals surface area contributed by atoms with Crippen LogP contribution in [0.15, 0.2) is 24.5 Å². The van der Waals surface area contributed by atoms with Gasteiger partial charge in [-0.05, 0) is 38.3 Å². The Morgan fingerprint density at radius 1 is 1.52 bits per heavy atom. The van der Waals surface area contributed by atoms with Crippen LogP contribution in [0.1, 0.15) is 37.8 Å². The van der Waals surface area contributed by atoms with Crippen molar-refractivity contribution in [3.8, 4) is 0 Å². The van der Waals surface area contributed by atoms with Crippen molar-refractivity contribution in [3.63, 3.8) is 0 Å². The van der Waals surface area contributed by atoms with Gasteiger partial charge < -0.3 is 19.9 Å². The monoisotopic (exact) mass is 316 g/mol. The summed E-state index contributed by atoms with van der Waals surface area (Å²) in [7, 11) is 1.38. The number of aryl methyl sites for hydroxylation is 1. The number of carbonyl (C=O) groups is 1. The van der Waals surface area contributed by atoms with E-state index in [0.717, 1.165) is 24.0 Å². The molecule has 1 amide bonds. The molecule has 0 spiro atoms. The van der Waals surface area contributed by atoms with Crippen molar-refractivity contribution in [3.05, 3.63) is 30.1 Å². The number of nitrogens with one attached hydrogen (secondary N) is 2. The zero-order chi connectivity index (χ0) is 16.2. The molecule has 1 aliphatic rings. The lowest BCUT2D eigenvalue weighted by atomic mass is 10.1. The van der Waals surface area contributed by atoms with E-state index in [9.17, 15) is 4.79 Å². The van der Waals surface area contributed by atoms with E-state index in [4.69, 9.17) is 0 Å². The van der Waals surface area contributed by atoms with E-state index in [-0.39, 0.29) is 6.09 Å². The normalized spacial score (nSPS) is 15.6. The van der Waals surface area contributed by atoms with Crippen LogP contribution in [0.5, 0.6) is 0 Å². The Bertz CT molecular complexity index is 678. The van der Waals surface area contributed by atoms with Crippen molar-refractivity contribution in [1.29, 1.82) is 0 Å². The molecule has 2 N–H and O–H groups in total. The quantitative estimate of drug-likeness (QED) is 0.771. The molecular weight excluding hydrogens is 292 g/mol. The van der Waals surface area contributed by atoms with E-state index in [1.165, 1.54) is 25.5 Å². The third kappa shape index (κ3) is 3.82. The summed E-state index contributed by atoms with van der Waals surface area (Å²) in [5, 5.41) is 6.35. The smallest absolute Gasteiger partial charge is 0.406 e. The minimum Gasteiger partial charge on any atom is -0.453 e. The van der Waals surface area contributed by atoms with Gasteiger partial charge in [-0.1, -0.05) is 0 Å². The van der Waals surface area contributed by atoms with Crippen LogP contribution in [0.2, 0.25) is 0 Å². The summed E-state index contributed by atoms with van der Waals surface area (Å²) in [5.74, 6) is 0. The molecule has 0 radical (unpaired) electrons. The fourth-order valence-electron chi connectivity index (χ4n) is 2.86. The molecule has 6 heteroatoms. The van der Waals surface area contributed by atoms with Crippen LogP contribution in [0.4, 0.5) is 4.79 Å². The number of hydrogen-bond acceptors (Lipinski definition) is 4. The number of ether oxygens (including phenoxy) is 1. The standard InChI is InChI=1S/C17H24N4O2/c1-12(20-13-6-7-13)14-11-21(10-4-9-19-17(22)23-2)15-5-3-8-18-16(14)15/h3,5,8,11-13,20H,4,6-7,9-10H2,1-2H3,(H,19,22)/t12-/m1/s1. The molecule has 0 bridgehead atoms. The Balaban J connectivity index is 1.70. The molecule has 0 aromatic carbocycles. The second-order valence-corrected chi connectivity index (χ2v) is 6.08. The number of fused-ring (bicyclic) bond motifs is 1. The van der Waals surface area contributed by atoms with Gasteiger partial charge in [-0.3, -0.25) is 4.98 Å². The summed E-state index contributed by atoms with van der Waals surface area (Å²) in [4.78, 5) is 15.6. The fourth-order valence-corrected chi connectivity index (χ4v) is 2.86. The molecule has 2 aromatic heterocycles. The van der Waals surface area contributed by atoms with E-state index in [2.05, 4.69) is 44.1 Å². The lowest BCUT2D eigenvalue weighted by Crippen LogP contribution is -2.24. The average Bonchev–Trinajstić information content (AvgIpc) is 3.30. The largest absolute Gasteiger partial charge is 0.453 e. The molecule has 1 aliphatic carbocycles. The van der Waals surface area contributed by atoms with Crippen LogP contribution in [0, 0.1) is 0 Å². The number of hydrogen-bond donors (Lipinski definition) is 2. The number of aromatic nitrogens is 2. The number of methoxy groups -OCH3 is 1. The molecule has 3 rings (SSSR count). The molecule has 2 heterocycles.